The summed E-state index contributed by atoms with van der Waals surface area (Å²) in [5.41, 5.74) is 0.886. The van der Waals surface area contributed by atoms with Crippen molar-refractivity contribution >= 4 is 5.97 Å². The van der Waals surface area contributed by atoms with Crippen molar-refractivity contribution in [2.45, 2.75) is 72.1 Å². The van der Waals surface area contributed by atoms with Gasteiger partial charge in [0.1, 0.15) is 0 Å². The fourth-order valence-corrected chi connectivity index (χ4v) is 1.54. The average molecular weight is 240 g/mol. The van der Waals surface area contributed by atoms with Crippen LogP contribution in [0.5, 0.6) is 0 Å². The van der Waals surface area contributed by atoms with Gasteiger partial charge in [-0.3, -0.25) is 0 Å². The molecule has 0 atom stereocenters. The van der Waals surface area contributed by atoms with Gasteiger partial charge in [-0.1, -0.05) is 52.5 Å². The fraction of sp³-hybridized carbons (Fsp3) is 0.800. The van der Waals surface area contributed by atoms with Crippen LogP contribution in [0.1, 0.15) is 72.1 Å². The van der Waals surface area contributed by atoms with E-state index in [0.29, 0.717) is 6.61 Å². The van der Waals surface area contributed by atoms with Crippen molar-refractivity contribution in [2.24, 2.45) is 0 Å². The Balaban J connectivity index is 4.13. The highest BCUT2D eigenvalue weighted by Crippen LogP contribution is 2.12. The summed E-state index contributed by atoms with van der Waals surface area (Å²) in [5, 5.41) is 0. The minimum atomic E-state index is -0.0944. The standard InChI is InChI=1S/C15H28O2/c1-4-7-10-12-14(11-8-5-2)15(16)17-13-9-6-3/h12H,4-11,13H2,1-3H3. The minimum Gasteiger partial charge on any atom is -0.462 e. The van der Waals surface area contributed by atoms with E-state index in [4.69, 9.17) is 4.74 Å². The molecule has 0 saturated carbocycles. The summed E-state index contributed by atoms with van der Waals surface area (Å²) in [5.74, 6) is -0.0944. The molecule has 0 spiro atoms. The first-order valence-corrected chi connectivity index (χ1v) is 7.12. The molecule has 0 bridgehead atoms. The summed E-state index contributed by atoms with van der Waals surface area (Å²) in [6.45, 7) is 6.97. The van der Waals surface area contributed by atoms with Crippen molar-refractivity contribution in [1.29, 1.82) is 0 Å². The van der Waals surface area contributed by atoms with E-state index in [2.05, 4.69) is 26.8 Å². The second-order valence-electron chi connectivity index (χ2n) is 4.46. The van der Waals surface area contributed by atoms with E-state index in [9.17, 15) is 4.79 Å². The van der Waals surface area contributed by atoms with E-state index < -0.39 is 0 Å². The van der Waals surface area contributed by atoms with Crippen LogP contribution in [0.25, 0.3) is 0 Å². The fourth-order valence-electron chi connectivity index (χ4n) is 1.54. The summed E-state index contributed by atoms with van der Waals surface area (Å²) in [4.78, 5) is 11.8. The Bertz CT molecular complexity index is 219. The number of allylic oxidation sites excluding steroid dienone is 1. The highest BCUT2D eigenvalue weighted by Gasteiger charge is 2.09. The smallest absolute Gasteiger partial charge is 0.333 e. The predicted octanol–water partition coefficient (Wildman–Crippen LogP) is 4.64. The molecule has 0 aliphatic rings. The van der Waals surface area contributed by atoms with Gasteiger partial charge in [-0.05, 0) is 25.7 Å². The number of ether oxygens (including phenoxy) is 1. The van der Waals surface area contributed by atoms with Crippen LogP contribution in [0.3, 0.4) is 0 Å². The lowest BCUT2D eigenvalue weighted by Gasteiger charge is -2.07. The third-order valence-electron chi connectivity index (χ3n) is 2.74. The van der Waals surface area contributed by atoms with Gasteiger partial charge in [-0.2, -0.15) is 0 Å². The Hall–Kier alpha value is -0.790. The summed E-state index contributed by atoms with van der Waals surface area (Å²) >= 11 is 0. The monoisotopic (exact) mass is 240 g/mol. The number of hydrogen-bond acceptors (Lipinski definition) is 2. The first-order chi connectivity index (χ1) is 8.26. The van der Waals surface area contributed by atoms with E-state index in [1.807, 2.05) is 0 Å². The van der Waals surface area contributed by atoms with Crippen molar-refractivity contribution in [1.82, 2.24) is 0 Å². The molecule has 0 heterocycles. The zero-order valence-corrected chi connectivity index (χ0v) is 11.8. The van der Waals surface area contributed by atoms with Crippen molar-refractivity contribution < 1.29 is 9.53 Å². The summed E-state index contributed by atoms with van der Waals surface area (Å²) in [6.07, 6.45) is 10.5. The van der Waals surface area contributed by atoms with Crippen LogP contribution < -0.4 is 0 Å². The second kappa shape index (κ2) is 11.7. The first-order valence-electron chi connectivity index (χ1n) is 7.12. The van der Waals surface area contributed by atoms with Crippen LogP contribution in [-0.2, 0) is 9.53 Å². The zero-order chi connectivity index (χ0) is 12.9. The molecule has 2 nitrogen and oxygen atoms in total. The molecule has 0 aromatic heterocycles. The van der Waals surface area contributed by atoms with Gasteiger partial charge in [0.15, 0.2) is 0 Å². The van der Waals surface area contributed by atoms with Crippen molar-refractivity contribution in [3.05, 3.63) is 11.6 Å². The molecule has 0 rings (SSSR count). The molecule has 0 unspecified atom stereocenters. The van der Waals surface area contributed by atoms with Crippen LogP contribution >= 0.6 is 0 Å². The maximum atomic E-state index is 11.8. The maximum Gasteiger partial charge on any atom is 0.333 e. The molecule has 0 saturated heterocycles. The number of esters is 1. The van der Waals surface area contributed by atoms with E-state index >= 15 is 0 Å². The van der Waals surface area contributed by atoms with E-state index in [-0.39, 0.29) is 5.97 Å². The number of rotatable bonds is 10. The van der Waals surface area contributed by atoms with E-state index in [1.165, 1.54) is 6.42 Å². The van der Waals surface area contributed by atoms with Gasteiger partial charge in [0.05, 0.1) is 6.61 Å². The summed E-state index contributed by atoms with van der Waals surface area (Å²) in [6, 6.07) is 0. The SMILES string of the molecule is CCCCC=C(CCCC)C(=O)OCCCC. The number of hydrogen-bond donors (Lipinski definition) is 0. The highest BCUT2D eigenvalue weighted by molar-refractivity contribution is 5.88. The molecule has 0 N–H and O–H groups in total. The van der Waals surface area contributed by atoms with Gasteiger partial charge in [-0.15, -0.1) is 0 Å². The van der Waals surface area contributed by atoms with E-state index in [0.717, 1.165) is 50.5 Å². The molecule has 0 aliphatic heterocycles. The average Bonchev–Trinajstić information content (AvgIpc) is 2.33. The van der Waals surface area contributed by atoms with Gasteiger partial charge in [0.25, 0.3) is 0 Å². The quantitative estimate of drug-likeness (QED) is 0.316. The predicted molar refractivity (Wildman–Crippen MR) is 73.0 cm³/mol. The molecule has 100 valence electrons. The normalized spacial score (nSPS) is 11.6. The number of carbonyl (C=O) groups is 1. The topological polar surface area (TPSA) is 26.3 Å². The zero-order valence-electron chi connectivity index (χ0n) is 11.8. The lowest BCUT2D eigenvalue weighted by atomic mass is 10.1. The third-order valence-corrected chi connectivity index (χ3v) is 2.74. The molecule has 0 fully saturated rings. The molecule has 0 amide bonds. The van der Waals surface area contributed by atoms with Crippen LogP contribution in [0.2, 0.25) is 0 Å². The molecule has 0 aliphatic carbocycles. The van der Waals surface area contributed by atoms with Crippen molar-refractivity contribution in [2.75, 3.05) is 6.61 Å². The van der Waals surface area contributed by atoms with Gasteiger partial charge in [0.2, 0.25) is 0 Å². The lowest BCUT2D eigenvalue weighted by molar-refractivity contribution is -0.139. The summed E-state index contributed by atoms with van der Waals surface area (Å²) in [7, 11) is 0. The van der Waals surface area contributed by atoms with Crippen LogP contribution in [0, 0.1) is 0 Å². The molecular weight excluding hydrogens is 212 g/mol. The van der Waals surface area contributed by atoms with Crippen LogP contribution in [-0.4, -0.2) is 12.6 Å². The molecule has 2 heteroatoms. The molecule has 17 heavy (non-hydrogen) atoms. The van der Waals surface area contributed by atoms with Crippen molar-refractivity contribution in [3.63, 3.8) is 0 Å². The Kier molecular flexibility index (Phi) is 11.1. The molecular formula is C15H28O2. The highest BCUT2D eigenvalue weighted by atomic mass is 16.5. The lowest BCUT2D eigenvalue weighted by Crippen LogP contribution is -2.09. The first kappa shape index (κ1) is 16.2. The number of carbonyl (C=O) groups excluding carboxylic acids is 1. The Labute approximate surface area is 106 Å². The van der Waals surface area contributed by atoms with Gasteiger partial charge in [0, 0.05) is 5.57 Å². The molecule has 0 radical (unpaired) electrons. The summed E-state index contributed by atoms with van der Waals surface area (Å²) < 4.78 is 5.27. The van der Waals surface area contributed by atoms with Gasteiger partial charge < -0.3 is 4.74 Å². The minimum absolute atomic E-state index is 0.0944. The van der Waals surface area contributed by atoms with E-state index in [1.54, 1.807) is 0 Å². The maximum absolute atomic E-state index is 11.8. The van der Waals surface area contributed by atoms with Crippen LogP contribution in [0.15, 0.2) is 11.6 Å². The Morgan fingerprint density at radius 2 is 1.65 bits per heavy atom. The Morgan fingerprint density at radius 1 is 1.00 bits per heavy atom. The van der Waals surface area contributed by atoms with Crippen molar-refractivity contribution in [3.8, 4) is 0 Å². The number of unbranched alkanes of at least 4 members (excludes halogenated alkanes) is 4. The molecule has 0 aromatic carbocycles. The second-order valence-corrected chi connectivity index (χ2v) is 4.46. The Morgan fingerprint density at radius 3 is 2.24 bits per heavy atom. The van der Waals surface area contributed by atoms with Crippen LogP contribution in [0.4, 0.5) is 0 Å². The molecule has 0 aromatic rings. The largest absolute Gasteiger partial charge is 0.462 e. The third kappa shape index (κ3) is 8.96. The van der Waals surface area contributed by atoms with Gasteiger partial charge in [-0.25, -0.2) is 4.79 Å². The van der Waals surface area contributed by atoms with Gasteiger partial charge >= 0.3 is 5.97 Å².